The lowest BCUT2D eigenvalue weighted by Gasteiger charge is -2.34. The molecule has 2 amide bonds. The predicted octanol–water partition coefficient (Wildman–Crippen LogP) is 1.57. The fourth-order valence-electron chi connectivity index (χ4n) is 3.08. The molecule has 1 aromatic carbocycles. The molecule has 172 valence electrons. The molecule has 1 aliphatic heterocycles. The quantitative estimate of drug-likeness (QED) is 0.246. The molecule has 0 radical (unpaired) electrons. The second-order valence-electron chi connectivity index (χ2n) is 7.02. The molecule has 0 atom stereocenters. The number of hydrogen-bond donors (Lipinski definition) is 1. The van der Waals surface area contributed by atoms with Crippen LogP contribution in [-0.4, -0.2) is 84.0 Å². The fraction of sp³-hybridized carbons (Fsp3) is 0.474. The first kappa shape index (κ1) is 23.9. The third kappa shape index (κ3) is 6.14. The Morgan fingerprint density at radius 1 is 1.28 bits per heavy atom. The van der Waals surface area contributed by atoms with E-state index < -0.39 is 4.92 Å². The van der Waals surface area contributed by atoms with Crippen molar-refractivity contribution in [3.8, 4) is 0 Å². The molecule has 2 aromatic rings. The summed E-state index contributed by atoms with van der Waals surface area (Å²) in [5, 5.41) is 23.0. The van der Waals surface area contributed by atoms with Gasteiger partial charge < -0.3 is 19.9 Å². The highest BCUT2D eigenvalue weighted by Gasteiger charge is 2.25. The number of nitro groups is 1. The number of nitrogens with one attached hydrogen (secondary N) is 1. The van der Waals surface area contributed by atoms with Gasteiger partial charge in [-0.3, -0.25) is 19.7 Å². The first-order valence-corrected chi connectivity index (χ1v) is 11.7. The fourth-order valence-corrected chi connectivity index (χ4v) is 4.80. The maximum Gasteiger partial charge on any atom is 0.273 e. The Labute approximate surface area is 193 Å². The largest absolute Gasteiger partial charge is 0.383 e. The number of thioether (sulfide) groups is 1. The summed E-state index contributed by atoms with van der Waals surface area (Å²) in [7, 11) is 1.58. The van der Waals surface area contributed by atoms with Crippen LogP contribution in [0.1, 0.15) is 15.9 Å². The molecule has 32 heavy (non-hydrogen) atoms. The van der Waals surface area contributed by atoms with Gasteiger partial charge in [0.15, 0.2) is 4.34 Å². The summed E-state index contributed by atoms with van der Waals surface area (Å²) in [6.45, 7) is 4.69. The van der Waals surface area contributed by atoms with E-state index in [1.165, 1.54) is 29.2 Å². The van der Waals surface area contributed by atoms with Crippen LogP contribution < -0.4 is 10.2 Å². The third-order valence-corrected chi connectivity index (χ3v) is 6.96. The van der Waals surface area contributed by atoms with Crippen LogP contribution in [0.5, 0.6) is 0 Å². The summed E-state index contributed by atoms with van der Waals surface area (Å²) < 4.78 is 5.59. The van der Waals surface area contributed by atoms with Crippen LogP contribution in [0.25, 0.3) is 0 Å². The number of nitrogens with zero attached hydrogens (tertiary/aromatic N) is 5. The van der Waals surface area contributed by atoms with Crippen molar-refractivity contribution in [2.45, 2.75) is 11.3 Å². The number of hydrogen-bond acceptors (Lipinski definition) is 10. The number of benzene rings is 1. The first-order valence-electron chi connectivity index (χ1n) is 9.90. The van der Waals surface area contributed by atoms with E-state index in [0.717, 1.165) is 5.13 Å². The summed E-state index contributed by atoms with van der Waals surface area (Å²) in [5.74, 6) is -0.0587. The lowest BCUT2D eigenvalue weighted by Crippen LogP contribution is -2.48. The minimum Gasteiger partial charge on any atom is -0.383 e. The number of aromatic nitrogens is 2. The van der Waals surface area contributed by atoms with Crippen LogP contribution in [0.4, 0.5) is 10.8 Å². The molecule has 1 aromatic heterocycles. The van der Waals surface area contributed by atoms with Crippen LogP contribution >= 0.6 is 23.1 Å². The Hall–Kier alpha value is -2.77. The Morgan fingerprint density at radius 3 is 2.72 bits per heavy atom. The SMILES string of the molecule is COCCNC(=O)CSc1nnc(N2CCN(C(=O)c3ccc(C)c([N+](=O)[O-])c3)CC2)s1. The van der Waals surface area contributed by atoms with Gasteiger partial charge in [0.2, 0.25) is 11.0 Å². The number of carbonyl (C=O) groups is 2. The minimum absolute atomic E-state index is 0.0549. The van der Waals surface area contributed by atoms with Crippen LogP contribution in [0.2, 0.25) is 0 Å². The van der Waals surface area contributed by atoms with Crippen LogP contribution in [0, 0.1) is 17.0 Å². The number of rotatable bonds is 9. The van der Waals surface area contributed by atoms with Crippen molar-refractivity contribution in [1.82, 2.24) is 20.4 Å². The van der Waals surface area contributed by atoms with Crippen LogP contribution in [-0.2, 0) is 9.53 Å². The van der Waals surface area contributed by atoms with Gasteiger partial charge in [-0.2, -0.15) is 0 Å². The molecule has 11 nitrogen and oxygen atoms in total. The Balaban J connectivity index is 1.51. The number of anilines is 1. The average Bonchev–Trinajstić information content (AvgIpc) is 3.27. The van der Waals surface area contributed by atoms with Crippen molar-refractivity contribution >= 4 is 45.7 Å². The average molecular weight is 481 g/mol. The van der Waals surface area contributed by atoms with E-state index in [4.69, 9.17) is 4.74 Å². The van der Waals surface area contributed by atoms with E-state index in [0.29, 0.717) is 54.8 Å². The maximum atomic E-state index is 12.8. The summed E-state index contributed by atoms with van der Waals surface area (Å²) in [4.78, 5) is 39.0. The maximum absolute atomic E-state index is 12.8. The standard InChI is InChI=1S/C19H24N6O5S2/c1-13-3-4-14(11-15(13)25(28)29)17(27)23-6-8-24(9-7-23)18-21-22-19(32-18)31-12-16(26)20-5-10-30-2/h3-4,11H,5-10,12H2,1-2H3,(H,20,26). The van der Waals surface area contributed by atoms with Gasteiger partial charge in [-0.1, -0.05) is 29.2 Å². The predicted molar refractivity (Wildman–Crippen MR) is 121 cm³/mol. The lowest BCUT2D eigenvalue weighted by molar-refractivity contribution is -0.385. The van der Waals surface area contributed by atoms with Gasteiger partial charge in [0.05, 0.1) is 17.3 Å². The zero-order valence-corrected chi connectivity index (χ0v) is 19.4. The normalized spacial score (nSPS) is 13.8. The second kappa shape index (κ2) is 11.2. The molecule has 1 aliphatic rings. The molecule has 3 rings (SSSR count). The lowest BCUT2D eigenvalue weighted by atomic mass is 10.1. The van der Waals surface area contributed by atoms with Gasteiger partial charge in [0.25, 0.3) is 11.6 Å². The van der Waals surface area contributed by atoms with Crippen molar-refractivity contribution in [1.29, 1.82) is 0 Å². The molecule has 0 unspecified atom stereocenters. The van der Waals surface area contributed by atoms with Gasteiger partial charge >= 0.3 is 0 Å². The number of ether oxygens (including phenoxy) is 1. The highest BCUT2D eigenvalue weighted by Crippen LogP contribution is 2.29. The smallest absolute Gasteiger partial charge is 0.273 e. The van der Waals surface area contributed by atoms with Crippen molar-refractivity contribution in [2.24, 2.45) is 0 Å². The topological polar surface area (TPSA) is 131 Å². The molecule has 0 spiro atoms. The van der Waals surface area contributed by atoms with Crippen molar-refractivity contribution < 1.29 is 19.2 Å². The minimum atomic E-state index is -0.474. The summed E-state index contributed by atoms with van der Waals surface area (Å²) in [5.41, 5.74) is 0.781. The van der Waals surface area contributed by atoms with E-state index in [1.54, 1.807) is 31.1 Å². The zero-order valence-electron chi connectivity index (χ0n) is 17.8. The molecule has 0 saturated carbocycles. The van der Waals surface area contributed by atoms with E-state index in [9.17, 15) is 19.7 Å². The summed E-state index contributed by atoms with van der Waals surface area (Å²) in [6.07, 6.45) is 0. The highest BCUT2D eigenvalue weighted by atomic mass is 32.2. The molecule has 1 fully saturated rings. The Kier molecular flexibility index (Phi) is 8.36. The molecule has 1 N–H and O–H groups in total. The molecule has 1 saturated heterocycles. The van der Waals surface area contributed by atoms with Crippen LogP contribution in [0.3, 0.4) is 0 Å². The Morgan fingerprint density at radius 2 is 2.03 bits per heavy atom. The summed E-state index contributed by atoms with van der Waals surface area (Å²) >= 11 is 2.73. The van der Waals surface area contributed by atoms with Gasteiger partial charge in [0.1, 0.15) is 0 Å². The molecule has 0 bridgehead atoms. The van der Waals surface area contributed by atoms with Crippen LogP contribution in [0.15, 0.2) is 22.5 Å². The van der Waals surface area contributed by atoms with Gasteiger partial charge in [-0.15, -0.1) is 10.2 Å². The number of amides is 2. The molecule has 0 aliphatic carbocycles. The third-order valence-electron chi connectivity index (χ3n) is 4.84. The molecule has 13 heteroatoms. The second-order valence-corrected chi connectivity index (χ2v) is 9.20. The van der Waals surface area contributed by atoms with E-state index in [1.807, 2.05) is 4.90 Å². The Bertz CT molecular complexity index is 977. The molecular weight excluding hydrogens is 456 g/mol. The van der Waals surface area contributed by atoms with E-state index in [-0.39, 0.29) is 23.3 Å². The zero-order chi connectivity index (χ0) is 23.1. The number of carbonyl (C=O) groups excluding carboxylic acids is 2. The van der Waals surface area contributed by atoms with Crippen molar-refractivity contribution in [2.75, 3.05) is 57.1 Å². The number of methoxy groups -OCH3 is 1. The van der Waals surface area contributed by atoms with Crippen molar-refractivity contribution in [3.63, 3.8) is 0 Å². The first-order chi connectivity index (χ1) is 15.4. The molecule has 2 heterocycles. The summed E-state index contributed by atoms with van der Waals surface area (Å²) in [6, 6.07) is 4.56. The van der Waals surface area contributed by atoms with Gasteiger partial charge in [-0.05, 0) is 13.0 Å². The van der Waals surface area contributed by atoms with Gasteiger partial charge in [-0.25, -0.2) is 0 Å². The highest BCUT2D eigenvalue weighted by molar-refractivity contribution is 8.01. The van der Waals surface area contributed by atoms with Gasteiger partial charge in [0, 0.05) is 57.0 Å². The number of piperazine rings is 1. The molecular formula is C19H24N6O5S2. The monoisotopic (exact) mass is 480 g/mol. The van der Waals surface area contributed by atoms with E-state index in [2.05, 4.69) is 15.5 Å². The van der Waals surface area contributed by atoms with E-state index >= 15 is 0 Å². The van der Waals surface area contributed by atoms with Crippen molar-refractivity contribution in [3.05, 3.63) is 39.4 Å². The number of aryl methyl sites for hydroxylation is 1. The number of nitro benzene ring substituents is 1.